The predicted octanol–water partition coefficient (Wildman–Crippen LogP) is 0.364. The molecule has 2 amide bonds. The molecule has 20 heavy (non-hydrogen) atoms. The van der Waals surface area contributed by atoms with Crippen molar-refractivity contribution in [2.75, 3.05) is 18.1 Å². The topological polar surface area (TPSA) is 113 Å². The maximum absolute atomic E-state index is 11.8. The Morgan fingerprint density at radius 1 is 1.40 bits per heavy atom. The molecule has 1 heterocycles. The van der Waals surface area contributed by atoms with Gasteiger partial charge in [0.25, 0.3) is 0 Å². The van der Waals surface area contributed by atoms with Crippen LogP contribution >= 0.6 is 0 Å². The molecule has 1 aliphatic heterocycles. The van der Waals surface area contributed by atoms with Crippen molar-refractivity contribution in [3.05, 3.63) is 0 Å². The van der Waals surface area contributed by atoms with E-state index in [0.717, 1.165) is 0 Å². The van der Waals surface area contributed by atoms with E-state index < -0.39 is 27.4 Å². The number of hydrogen-bond acceptors (Lipinski definition) is 4. The lowest BCUT2D eigenvalue weighted by Crippen LogP contribution is -2.51. The summed E-state index contributed by atoms with van der Waals surface area (Å²) in [7, 11) is -3.07. The second-order valence-electron chi connectivity index (χ2n) is 5.61. The molecular formula is C12H22N2O5S. The molecule has 0 radical (unpaired) electrons. The molecule has 3 N–H and O–H groups in total. The van der Waals surface area contributed by atoms with E-state index in [2.05, 4.69) is 10.6 Å². The van der Waals surface area contributed by atoms with Gasteiger partial charge in [-0.15, -0.1) is 0 Å². The van der Waals surface area contributed by atoms with E-state index in [0.29, 0.717) is 12.8 Å². The predicted molar refractivity (Wildman–Crippen MR) is 74.2 cm³/mol. The summed E-state index contributed by atoms with van der Waals surface area (Å²) >= 11 is 0. The molecule has 0 saturated carbocycles. The minimum atomic E-state index is -3.07. The van der Waals surface area contributed by atoms with E-state index in [1.165, 1.54) is 0 Å². The maximum Gasteiger partial charge on any atom is 0.315 e. The Kier molecular flexibility index (Phi) is 5.38. The van der Waals surface area contributed by atoms with Crippen LogP contribution in [0.5, 0.6) is 0 Å². The molecular weight excluding hydrogens is 284 g/mol. The SMILES string of the molecule is CCC(CNC(=O)NC1(C)CCS(=O)(=O)C1)CC(=O)O. The quantitative estimate of drug-likeness (QED) is 0.656. The number of urea groups is 1. The summed E-state index contributed by atoms with van der Waals surface area (Å²) in [6.07, 6.45) is 1.05. The molecule has 0 spiro atoms. The van der Waals surface area contributed by atoms with Crippen LogP contribution in [-0.4, -0.2) is 49.1 Å². The summed E-state index contributed by atoms with van der Waals surface area (Å²) in [5.41, 5.74) is -0.739. The highest BCUT2D eigenvalue weighted by molar-refractivity contribution is 7.91. The van der Waals surface area contributed by atoms with Gasteiger partial charge >= 0.3 is 12.0 Å². The van der Waals surface area contributed by atoms with E-state index >= 15 is 0 Å². The van der Waals surface area contributed by atoms with Gasteiger partial charge in [-0.2, -0.15) is 0 Å². The summed E-state index contributed by atoms with van der Waals surface area (Å²) in [5, 5.41) is 14.0. The van der Waals surface area contributed by atoms with Gasteiger partial charge in [-0.05, 0) is 19.3 Å². The standard InChI is InChI=1S/C12H22N2O5S/c1-3-9(6-10(15)16)7-13-11(17)14-12(2)4-5-20(18,19)8-12/h9H,3-8H2,1-2H3,(H,15,16)(H2,13,14,17). The summed E-state index contributed by atoms with van der Waals surface area (Å²) in [4.78, 5) is 22.4. The first-order valence-corrected chi connectivity index (χ1v) is 8.46. The number of carbonyl (C=O) groups excluding carboxylic acids is 1. The average molecular weight is 306 g/mol. The summed E-state index contributed by atoms with van der Waals surface area (Å²) in [6.45, 7) is 3.82. The molecule has 2 unspecified atom stereocenters. The molecule has 8 heteroatoms. The van der Waals surface area contributed by atoms with Crippen LogP contribution < -0.4 is 10.6 Å². The van der Waals surface area contributed by atoms with E-state index in [1.54, 1.807) is 6.92 Å². The minimum Gasteiger partial charge on any atom is -0.481 e. The fourth-order valence-corrected chi connectivity index (χ4v) is 4.37. The Balaban J connectivity index is 2.42. The lowest BCUT2D eigenvalue weighted by atomic mass is 10.0. The number of carbonyl (C=O) groups is 2. The van der Waals surface area contributed by atoms with Crippen LogP contribution in [0.1, 0.15) is 33.1 Å². The molecule has 116 valence electrons. The van der Waals surface area contributed by atoms with Gasteiger partial charge in [0.2, 0.25) is 0 Å². The highest BCUT2D eigenvalue weighted by Gasteiger charge is 2.39. The number of amides is 2. The van der Waals surface area contributed by atoms with Crippen LogP contribution in [-0.2, 0) is 14.6 Å². The molecule has 7 nitrogen and oxygen atoms in total. The summed E-state index contributed by atoms with van der Waals surface area (Å²) in [5.74, 6) is -0.994. The van der Waals surface area contributed by atoms with E-state index in [4.69, 9.17) is 5.11 Å². The zero-order chi connectivity index (χ0) is 15.4. The van der Waals surface area contributed by atoms with Crippen molar-refractivity contribution in [3.8, 4) is 0 Å². The third kappa shape index (κ3) is 5.36. The number of carboxylic acid groups (broad SMARTS) is 1. The molecule has 2 atom stereocenters. The maximum atomic E-state index is 11.8. The number of carboxylic acids is 1. The average Bonchev–Trinajstić information content (AvgIpc) is 2.58. The first-order chi connectivity index (χ1) is 9.16. The van der Waals surface area contributed by atoms with E-state index in [-0.39, 0.29) is 30.4 Å². The second-order valence-corrected chi connectivity index (χ2v) is 7.79. The van der Waals surface area contributed by atoms with Crippen LogP contribution in [0.15, 0.2) is 0 Å². The van der Waals surface area contributed by atoms with E-state index in [9.17, 15) is 18.0 Å². The number of sulfone groups is 1. The summed E-state index contributed by atoms with van der Waals surface area (Å²) in [6, 6.07) is -0.451. The highest BCUT2D eigenvalue weighted by Crippen LogP contribution is 2.22. The first kappa shape index (κ1) is 16.7. The number of hydrogen-bond donors (Lipinski definition) is 3. The highest BCUT2D eigenvalue weighted by atomic mass is 32.2. The number of rotatable bonds is 6. The molecule has 0 aromatic heterocycles. The van der Waals surface area contributed by atoms with Crippen LogP contribution in [0.2, 0.25) is 0 Å². The monoisotopic (exact) mass is 306 g/mol. The Morgan fingerprint density at radius 2 is 2.05 bits per heavy atom. The van der Waals surface area contributed by atoms with Crippen molar-refractivity contribution in [2.45, 2.75) is 38.6 Å². The van der Waals surface area contributed by atoms with Gasteiger partial charge < -0.3 is 15.7 Å². The number of aliphatic carboxylic acids is 1. The van der Waals surface area contributed by atoms with Gasteiger partial charge in [0.15, 0.2) is 9.84 Å². The van der Waals surface area contributed by atoms with Crippen molar-refractivity contribution in [1.82, 2.24) is 10.6 Å². The molecule has 0 aromatic carbocycles. The van der Waals surface area contributed by atoms with Gasteiger partial charge in [-0.1, -0.05) is 13.3 Å². The van der Waals surface area contributed by atoms with Crippen LogP contribution in [0.25, 0.3) is 0 Å². The van der Waals surface area contributed by atoms with Crippen LogP contribution in [0.3, 0.4) is 0 Å². The molecule has 0 aliphatic carbocycles. The van der Waals surface area contributed by atoms with Crippen molar-refractivity contribution >= 4 is 21.8 Å². The smallest absolute Gasteiger partial charge is 0.315 e. The third-order valence-electron chi connectivity index (χ3n) is 3.51. The fourth-order valence-electron chi connectivity index (χ4n) is 2.27. The van der Waals surface area contributed by atoms with Crippen molar-refractivity contribution in [1.29, 1.82) is 0 Å². The molecule has 1 saturated heterocycles. The Morgan fingerprint density at radius 3 is 2.50 bits per heavy atom. The Hall–Kier alpha value is -1.31. The number of nitrogens with one attached hydrogen (secondary N) is 2. The van der Waals surface area contributed by atoms with Gasteiger partial charge in [0, 0.05) is 13.0 Å². The molecule has 0 aromatic rings. The normalized spacial score (nSPS) is 25.9. The molecule has 1 aliphatic rings. The zero-order valence-corrected chi connectivity index (χ0v) is 12.6. The Labute approximate surface area is 119 Å². The van der Waals surface area contributed by atoms with Crippen molar-refractivity contribution < 1.29 is 23.1 Å². The first-order valence-electron chi connectivity index (χ1n) is 6.64. The second kappa shape index (κ2) is 6.43. The molecule has 1 rings (SSSR count). The van der Waals surface area contributed by atoms with E-state index in [1.807, 2.05) is 6.92 Å². The largest absolute Gasteiger partial charge is 0.481 e. The van der Waals surface area contributed by atoms with Gasteiger partial charge in [0.1, 0.15) is 0 Å². The molecule has 1 fully saturated rings. The van der Waals surface area contributed by atoms with Crippen LogP contribution in [0.4, 0.5) is 4.79 Å². The third-order valence-corrected chi connectivity index (χ3v) is 5.41. The van der Waals surface area contributed by atoms with Gasteiger partial charge in [-0.3, -0.25) is 4.79 Å². The minimum absolute atomic E-state index is 0.00241. The van der Waals surface area contributed by atoms with Crippen molar-refractivity contribution in [2.24, 2.45) is 5.92 Å². The Bertz CT molecular complexity index is 476. The van der Waals surface area contributed by atoms with Gasteiger partial charge in [-0.25, -0.2) is 13.2 Å². The lowest BCUT2D eigenvalue weighted by Gasteiger charge is -2.24. The molecule has 0 bridgehead atoms. The van der Waals surface area contributed by atoms with Crippen LogP contribution in [0, 0.1) is 5.92 Å². The lowest BCUT2D eigenvalue weighted by molar-refractivity contribution is -0.138. The van der Waals surface area contributed by atoms with Crippen molar-refractivity contribution in [3.63, 3.8) is 0 Å². The van der Waals surface area contributed by atoms with Gasteiger partial charge in [0.05, 0.1) is 17.0 Å². The fraction of sp³-hybridized carbons (Fsp3) is 0.833. The zero-order valence-electron chi connectivity index (χ0n) is 11.8. The summed E-state index contributed by atoms with van der Waals surface area (Å²) < 4.78 is 22.8.